The molecule has 2 amide bonds. The molecule has 1 aliphatic rings. The zero-order valence-corrected chi connectivity index (χ0v) is 18.9. The fourth-order valence-electron chi connectivity index (χ4n) is 3.88. The Labute approximate surface area is 195 Å². The third-order valence-corrected chi connectivity index (χ3v) is 5.61. The van der Waals surface area contributed by atoms with Gasteiger partial charge in [0.1, 0.15) is 6.04 Å². The highest BCUT2D eigenvalue weighted by Crippen LogP contribution is 2.35. The largest absolute Gasteiger partial charge is 0.417 e. The molecule has 2 aromatic rings. The third kappa shape index (κ3) is 5.66. The molecule has 1 fully saturated rings. The minimum Gasteiger partial charge on any atom is -0.383 e. The normalized spacial score (nSPS) is 16.2. The summed E-state index contributed by atoms with van der Waals surface area (Å²) in [5, 5.41) is 11.8. The van der Waals surface area contributed by atoms with Crippen LogP contribution in [0.2, 0.25) is 0 Å². The third-order valence-electron chi connectivity index (χ3n) is 5.61. The summed E-state index contributed by atoms with van der Waals surface area (Å²) < 4.78 is 45.3. The summed E-state index contributed by atoms with van der Waals surface area (Å²) in [5.74, 6) is -0.751. The second-order valence-electron chi connectivity index (χ2n) is 7.95. The Morgan fingerprint density at radius 1 is 1.21 bits per heavy atom. The van der Waals surface area contributed by atoms with E-state index in [1.165, 1.54) is 18.1 Å². The highest BCUT2D eigenvalue weighted by molar-refractivity contribution is 5.98. The Balaban J connectivity index is 1.90. The molecule has 2 aromatic carbocycles. The van der Waals surface area contributed by atoms with Crippen LogP contribution in [-0.4, -0.2) is 62.7 Å². The average Bonchev–Trinajstić information content (AvgIpc) is 2.82. The van der Waals surface area contributed by atoms with Crippen molar-refractivity contribution in [1.82, 2.24) is 10.2 Å². The molecule has 3 rings (SSSR count). The van der Waals surface area contributed by atoms with Crippen LogP contribution >= 0.6 is 0 Å². The maximum atomic E-state index is 13.5. The van der Waals surface area contributed by atoms with Crippen molar-refractivity contribution in [3.05, 3.63) is 64.7 Å². The zero-order valence-electron chi connectivity index (χ0n) is 18.9. The molecule has 34 heavy (non-hydrogen) atoms. The highest BCUT2D eigenvalue weighted by Gasteiger charge is 2.38. The summed E-state index contributed by atoms with van der Waals surface area (Å²) in [6, 6.07) is 11.1. The predicted molar refractivity (Wildman–Crippen MR) is 119 cm³/mol. The van der Waals surface area contributed by atoms with E-state index in [1.807, 2.05) is 13.0 Å². The van der Waals surface area contributed by atoms with Gasteiger partial charge in [0, 0.05) is 44.5 Å². The molecule has 0 spiro atoms. The van der Waals surface area contributed by atoms with Crippen molar-refractivity contribution in [3.63, 3.8) is 0 Å². The smallest absolute Gasteiger partial charge is 0.383 e. The Morgan fingerprint density at radius 2 is 1.97 bits per heavy atom. The van der Waals surface area contributed by atoms with E-state index in [4.69, 9.17) is 10.00 Å². The van der Waals surface area contributed by atoms with Crippen LogP contribution in [0.4, 0.5) is 18.9 Å². The molecule has 0 saturated carbocycles. The summed E-state index contributed by atoms with van der Waals surface area (Å²) in [7, 11) is 1.49. The zero-order chi connectivity index (χ0) is 24.9. The van der Waals surface area contributed by atoms with Crippen LogP contribution in [0.15, 0.2) is 42.5 Å². The number of nitrogens with one attached hydrogen (secondary N) is 1. The van der Waals surface area contributed by atoms with Gasteiger partial charge in [-0.3, -0.25) is 9.59 Å². The van der Waals surface area contributed by atoms with Crippen LogP contribution in [0.3, 0.4) is 0 Å². The van der Waals surface area contributed by atoms with Crippen LogP contribution in [-0.2, 0) is 15.7 Å². The molecule has 1 N–H and O–H groups in total. The van der Waals surface area contributed by atoms with Crippen LogP contribution in [0.5, 0.6) is 0 Å². The number of nitrogens with zero attached hydrogens (tertiary/aromatic N) is 3. The first-order valence-electron chi connectivity index (χ1n) is 10.7. The van der Waals surface area contributed by atoms with Crippen LogP contribution in [0, 0.1) is 18.3 Å². The van der Waals surface area contributed by atoms with Gasteiger partial charge >= 0.3 is 6.18 Å². The Morgan fingerprint density at radius 3 is 2.62 bits per heavy atom. The minimum absolute atomic E-state index is 0.000428. The number of nitriles is 1. The lowest BCUT2D eigenvalue weighted by Crippen LogP contribution is -2.61. The summed E-state index contributed by atoms with van der Waals surface area (Å²) in [4.78, 5) is 29.3. The summed E-state index contributed by atoms with van der Waals surface area (Å²) in [6.45, 7) is 2.72. The van der Waals surface area contributed by atoms with Crippen molar-refractivity contribution in [1.29, 1.82) is 5.26 Å². The van der Waals surface area contributed by atoms with Crippen molar-refractivity contribution in [3.8, 4) is 6.07 Å². The fraction of sp³-hybridized carbons (Fsp3) is 0.375. The maximum absolute atomic E-state index is 13.5. The number of rotatable bonds is 6. The predicted octanol–water partition coefficient (Wildman–Crippen LogP) is 2.98. The molecule has 0 aromatic heterocycles. The number of benzene rings is 2. The van der Waals surface area contributed by atoms with Gasteiger partial charge in [-0.1, -0.05) is 17.7 Å². The SMILES string of the molecule is COCCNC(=O)C1CN(c2ccc(C#N)c(C(F)(F)F)c2)CCN1C(=O)c1cccc(C)c1. The van der Waals surface area contributed by atoms with Crippen molar-refractivity contribution < 1.29 is 27.5 Å². The summed E-state index contributed by atoms with van der Waals surface area (Å²) in [6.07, 6.45) is -4.69. The number of halogens is 3. The number of methoxy groups -OCH3 is 1. The Hall–Kier alpha value is -3.58. The molecule has 1 atom stereocenters. The van der Waals surface area contributed by atoms with Gasteiger partial charge in [0.2, 0.25) is 5.91 Å². The van der Waals surface area contributed by atoms with Gasteiger partial charge in [-0.25, -0.2) is 0 Å². The van der Waals surface area contributed by atoms with E-state index in [2.05, 4.69) is 5.32 Å². The van der Waals surface area contributed by atoms with Gasteiger partial charge in [-0.15, -0.1) is 0 Å². The van der Waals surface area contributed by atoms with Crippen LogP contribution in [0.1, 0.15) is 27.0 Å². The van der Waals surface area contributed by atoms with Gasteiger partial charge in [0.15, 0.2) is 0 Å². The van der Waals surface area contributed by atoms with E-state index in [0.29, 0.717) is 5.56 Å². The summed E-state index contributed by atoms with van der Waals surface area (Å²) in [5.41, 5.74) is 0.0395. The number of aryl methyl sites for hydroxylation is 1. The maximum Gasteiger partial charge on any atom is 0.417 e. The molecular formula is C24H25F3N4O3. The molecule has 0 aliphatic carbocycles. The van der Waals surface area contributed by atoms with Gasteiger partial charge < -0.3 is 19.9 Å². The van der Waals surface area contributed by atoms with Gasteiger partial charge in [-0.05, 0) is 37.3 Å². The number of hydrogen-bond acceptors (Lipinski definition) is 5. The van der Waals surface area contributed by atoms with E-state index >= 15 is 0 Å². The van der Waals surface area contributed by atoms with Crippen molar-refractivity contribution in [2.45, 2.75) is 19.1 Å². The van der Waals surface area contributed by atoms with E-state index in [1.54, 1.807) is 29.2 Å². The molecule has 10 heteroatoms. The second-order valence-corrected chi connectivity index (χ2v) is 7.95. The second kappa shape index (κ2) is 10.6. The lowest BCUT2D eigenvalue weighted by molar-refractivity contribution is -0.137. The van der Waals surface area contributed by atoms with Gasteiger partial charge in [-0.2, -0.15) is 18.4 Å². The number of piperazine rings is 1. The number of hydrogen-bond donors (Lipinski definition) is 1. The number of anilines is 1. The number of carbonyl (C=O) groups excluding carboxylic acids is 2. The Kier molecular flexibility index (Phi) is 7.79. The molecule has 7 nitrogen and oxygen atoms in total. The monoisotopic (exact) mass is 474 g/mol. The number of alkyl halides is 3. The molecule has 1 heterocycles. The van der Waals surface area contributed by atoms with Gasteiger partial charge in [0.25, 0.3) is 5.91 Å². The molecular weight excluding hydrogens is 449 g/mol. The quantitative estimate of drug-likeness (QED) is 0.651. The first-order chi connectivity index (χ1) is 16.2. The minimum atomic E-state index is -4.69. The standard InChI is InChI=1S/C24H25F3N4O3/c1-16-4-3-5-17(12-16)23(33)31-10-9-30(15-21(31)22(32)29-8-11-34-2)19-7-6-18(14-28)20(13-19)24(25,26)27/h3-7,12-13,21H,8-11,15H2,1-2H3,(H,29,32). The number of carbonyl (C=O) groups is 2. The lowest BCUT2D eigenvalue weighted by Gasteiger charge is -2.41. The van der Waals surface area contributed by atoms with Gasteiger partial charge in [0.05, 0.1) is 23.8 Å². The van der Waals surface area contributed by atoms with Crippen molar-refractivity contribution in [2.75, 3.05) is 44.8 Å². The first kappa shape index (κ1) is 25.1. The number of amides is 2. The number of ether oxygens (including phenoxy) is 1. The van der Waals surface area contributed by atoms with E-state index in [0.717, 1.165) is 17.7 Å². The van der Waals surface area contributed by atoms with Crippen LogP contribution in [0.25, 0.3) is 0 Å². The average molecular weight is 474 g/mol. The molecule has 1 aliphatic heterocycles. The van der Waals surface area contributed by atoms with Crippen LogP contribution < -0.4 is 10.2 Å². The molecule has 1 unspecified atom stereocenters. The molecule has 1 saturated heterocycles. The first-order valence-corrected chi connectivity index (χ1v) is 10.7. The molecule has 0 radical (unpaired) electrons. The Bertz CT molecular complexity index is 1100. The van der Waals surface area contributed by atoms with Crippen molar-refractivity contribution >= 4 is 17.5 Å². The van der Waals surface area contributed by atoms with E-state index in [-0.39, 0.29) is 44.4 Å². The van der Waals surface area contributed by atoms with E-state index < -0.39 is 29.3 Å². The highest BCUT2D eigenvalue weighted by atomic mass is 19.4. The molecule has 180 valence electrons. The topological polar surface area (TPSA) is 85.7 Å². The van der Waals surface area contributed by atoms with Crippen molar-refractivity contribution in [2.24, 2.45) is 0 Å². The molecule has 0 bridgehead atoms. The fourth-order valence-corrected chi connectivity index (χ4v) is 3.88. The summed E-state index contributed by atoms with van der Waals surface area (Å²) >= 11 is 0. The lowest BCUT2D eigenvalue weighted by atomic mass is 10.0. The van der Waals surface area contributed by atoms with E-state index in [9.17, 15) is 22.8 Å².